The summed E-state index contributed by atoms with van der Waals surface area (Å²) in [6.07, 6.45) is 0.459. The van der Waals surface area contributed by atoms with E-state index in [2.05, 4.69) is 5.32 Å². The molecule has 0 unspecified atom stereocenters. The van der Waals surface area contributed by atoms with E-state index in [9.17, 15) is 19.2 Å². The highest BCUT2D eigenvalue weighted by Crippen LogP contribution is 2.35. The third kappa shape index (κ3) is 6.50. The Morgan fingerprint density at radius 1 is 0.800 bits per heavy atom. The summed E-state index contributed by atoms with van der Waals surface area (Å²) in [6.45, 7) is 5.92. The van der Waals surface area contributed by atoms with E-state index < -0.39 is 42.4 Å². The first-order valence-corrected chi connectivity index (χ1v) is 14.9. The Morgan fingerprint density at radius 3 is 2.02 bits per heavy atom. The van der Waals surface area contributed by atoms with Crippen molar-refractivity contribution in [2.24, 2.45) is 11.0 Å². The summed E-state index contributed by atoms with van der Waals surface area (Å²) in [4.78, 5) is 53.3. The number of allylic oxidation sites excluding steroid dienone is 2. The number of dihydropyridines is 1. The second-order valence-corrected chi connectivity index (χ2v) is 10.7. The van der Waals surface area contributed by atoms with Gasteiger partial charge >= 0.3 is 17.9 Å². The lowest BCUT2D eigenvalue weighted by Crippen LogP contribution is -2.39. The summed E-state index contributed by atoms with van der Waals surface area (Å²) in [7, 11) is 0. The second kappa shape index (κ2) is 13.6. The maximum atomic E-state index is 13.7. The number of nitrogens with one attached hydrogen (secondary N) is 1. The first-order chi connectivity index (χ1) is 21.7. The van der Waals surface area contributed by atoms with Crippen LogP contribution in [-0.2, 0) is 33.4 Å². The van der Waals surface area contributed by atoms with Crippen LogP contribution in [0.4, 0.5) is 0 Å². The smallest absolute Gasteiger partial charge is 0.337 e. The van der Waals surface area contributed by atoms with Gasteiger partial charge in [-0.15, -0.1) is 0 Å². The van der Waals surface area contributed by atoms with Crippen LogP contribution in [0.15, 0.2) is 100 Å². The zero-order valence-electron chi connectivity index (χ0n) is 25.7. The maximum Gasteiger partial charge on any atom is 0.337 e. The molecule has 1 N–H and O–H groups in total. The van der Waals surface area contributed by atoms with Crippen molar-refractivity contribution in [1.29, 1.82) is 0 Å². The highest BCUT2D eigenvalue weighted by atomic mass is 16.5. The molecule has 1 atom stereocenters. The van der Waals surface area contributed by atoms with E-state index in [4.69, 9.17) is 19.3 Å². The van der Waals surface area contributed by atoms with Crippen LogP contribution in [0.5, 0.6) is 0 Å². The van der Waals surface area contributed by atoms with Gasteiger partial charge in [-0.2, -0.15) is 5.10 Å². The highest BCUT2D eigenvalue weighted by Gasteiger charge is 2.43. The average molecular weight is 610 g/mol. The molecule has 2 heterocycles. The summed E-state index contributed by atoms with van der Waals surface area (Å²) in [6, 6.07) is 23.1. The fourth-order valence-corrected chi connectivity index (χ4v) is 5.69. The number of nitrogens with zero attached hydrogens (tertiary/aromatic N) is 2. The number of rotatable bonds is 9. The molecule has 0 spiro atoms. The van der Waals surface area contributed by atoms with E-state index in [1.54, 1.807) is 27.7 Å². The third-order valence-electron chi connectivity index (χ3n) is 7.76. The molecule has 2 aliphatic rings. The van der Waals surface area contributed by atoms with Gasteiger partial charge in [0.25, 0.3) is 5.91 Å². The number of hydrazone groups is 1. The zero-order chi connectivity index (χ0) is 32.1. The van der Waals surface area contributed by atoms with Gasteiger partial charge < -0.3 is 19.5 Å². The molecule has 232 valence electrons. The summed E-state index contributed by atoms with van der Waals surface area (Å²) in [5, 5.41) is 11.2. The van der Waals surface area contributed by atoms with Crippen molar-refractivity contribution in [2.75, 3.05) is 19.8 Å². The highest BCUT2D eigenvalue weighted by molar-refractivity contribution is 6.07. The van der Waals surface area contributed by atoms with Gasteiger partial charge in [-0.1, -0.05) is 66.7 Å². The van der Waals surface area contributed by atoms with Gasteiger partial charge in [0.15, 0.2) is 6.61 Å². The summed E-state index contributed by atoms with van der Waals surface area (Å²) >= 11 is 0. The Labute approximate surface area is 261 Å². The maximum absolute atomic E-state index is 13.7. The molecule has 10 nitrogen and oxygen atoms in total. The second-order valence-electron chi connectivity index (χ2n) is 10.7. The van der Waals surface area contributed by atoms with Crippen LogP contribution >= 0.6 is 0 Å². The van der Waals surface area contributed by atoms with Crippen molar-refractivity contribution in [1.82, 2.24) is 10.3 Å². The molecular weight excluding hydrogens is 574 g/mol. The normalized spacial score (nSPS) is 16.8. The number of fused-ring (bicyclic) bond motifs is 1. The molecule has 45 heavy (non-hydrogen) atoms. The quantitative estimate of drug-likeness (QED) is 0.267. The van der Waals surface area contributed by atoms with Crippen LogP contribution in [-0.4, -0.2) is 54.4 Å². The van der Waals surface area contributed by atoms with Crippen molar-refractivity contribution in [3.05, 3.63) is 106 Å². The van der Waals surface area contributed by atoms with Gasteiger partial charge in [0.05, 0.1) is 36.1 Å². The van der Waals surface area contributed by atoms with Gasteiger partial charge in [0, 0.05) is 17.8 Å². The van der Waals surface area contributed by atoms with Crippen molar-refractivity contribution in [2.45, 2.75) is 40.2 Å². The minimum atomic E-state index is -1.45. The van der Waals surface area contributed by atoms with Crippen molar-refractivity contribution >= 4 is 40.3 Å². The van der Waals surface area contributed by atoms with Crippen molar-refractivity contribution in [3.8, 4) is 0 Å². The molecule has 0 bridgehead atoms. The zero-order valence-corrected chi connectivity index (χ0v) is 25.7. The third-order valence-corrected chi connectivity index (χ3v) is 7.76. The molecule has 1 amide bonds. The number of carbonyl (C=O) groups excluding carboxylic acids is 4. The fraction of sp³-hybridized carbons (Fsp3) is 0.286. The van der Waals surface area contributed by atoms with E-state index in [1.165, 1.54) is 5.01 Å². The number of esters is 3. The van der Waals surface area contributed by atoms with Gasteiger partial charge in [0.1, 0.15) is 5.92 Å². The molecular formula is C35H35N3O7. The lowest BCUT2D eigenvalue weighted by Gasteiger charge is -2.29. The Bertz CT molecular complexity index is 1700. The Hall–Kier alpha value is -5.25. The van der Waals surface area contributed by atoms with Crippen LogP contribution in [0, 0.1) is 5.92 Å². The van der Waals surface area contributed by atoms with Gasteiger partial charge in [-0.3, -0.25) is 9.59 Å². The Balaban J connectivity index is 1.42. The minimum Gasteiger partial charge on any atom is -0.463 e. The number of benzene rings is 3. The Kier molecular flexibility index (Phi) is 9.42. The molecule has 0 saturated carbocycles. The van der Waals surface area contributed by atoms with Crippen molar-refractivity contribution < 1.29 is 33.4 Å². The summed E-state index contributed by atoms with van der Waals surface area (Å²) in [5.41, 5.74) is 2.99. The van der Waals surface area contributed by atoms with Gasteiger partial charge in [-0.25, -0.2) is 14.6 Å². The largest absolute Gasteiger partial charge is 0.463 e. The number of ether oxygens (including phenoxy) is 3. The molecule has 3 aromatic rings. The number of carbonyl (C=O) groups is 4. The molecule has 0 saturated heterocycles. The molecule has 0 radical (unpaired) electrons. The molecule has 0 fully saturated rings. The lowest BCUT2D eigenvalue weighted by atomic mass is 9.85. The van der Waals surface area contributed by atoms with Crippen molar-refractivity contribution in [3.63, 3.8) is 0 Å². The average Bonchev–Trinajstić information content (AvgIpc) is 3.49. The molecule has 3 aromatic carbocycles. The molecule has 0 aliphatic carbocycles. The topological polar surface area (TPSA) is 124 Å². The van der Waals surface area contributed by atoms with Crippen LogP contribution in [0.2, 0.25) is 0 Å². The molecule has 5 rings (SSSR count). The predicted octanol–water partition coefficient (Wildman–Crippen LogP) is 4.95. The van der Waals surface area contributed by atoms with E-state index in [0.29, 0.717) is 17.8 Å². The fourth-order valence-electron chi connectivity index (χ4n) is 5.69. The summed E-state index contributed by atoms with van der Waals surface area (Å²) < 4.78 is 15.9. The number of hydrogen-bond acceptors (Lipinski definition) is 9. The molecule has 0 aromatic heterocycles. The van der Waals surface area contributed by atoms with Gasteiger partial charge in [0.2, 0.25) is 0 Å². The lowest BCUT2D eigenvalue weighted by molar-refractivity contribution is -0.156. The number of amides is 1. The van der Waals surface area contributed by atoms with Crippen LogP contribution in [0.3, 0.4) is 0 Å². The summed E-state index contributed by atoms with van der Waals surface area (Å²) in [5.74, 6) is -4.52. The van der Waals surface area contributed by atoms with Crippen LogP contribution < -0.4 is 5.32 Å². The Morgan fingerprint density at radius 2 is 1.40 bits per heavy atom. The molecule has 10 heteroatoms. The van der Waals surface area contributed by atoms with Gasteiger partial charge in [-0.05, 0) is 55.7 Å². The van der Waals surface area contributed by atoms with E-state index >= 15 is 0 Å². The first kappa shape index (κ1) is 31.2. The van der Waals surface area contributed by atoms with E-state index in [1.807, 2.05) is 72.8 Å². The van der Waals surface area contributed by atoms with Crippen LogP contribution in [0.1, 0.15) is 51.3 Å². The minimum absolute atomic E-state index is 0.0562. The van der Waals surface area contributed by atoms with E-state index in [-0.39, 0.29) is 24.4 Å². The predicted molar refractivity (Wildman–Crippen MR) is 167 cm³/mol. The van der Waals surface area contributed by atoms with Crippen LogP contribution in [0.25, 0.3) is 10.8 Å². The number of hydrogen-bond donors (Lipinski definition) is 1. The molecule has 2 aliphatic heterocycles. The standard InChI is InChI=1S/C35H35N3O7/c1-5-43-33(40)30-21(3)36-22(4)31(34(41)44-6-2)32(30)35(42)45-20-29(39)38-28(24-13-8-7-9-14-24)19-27(37-38)26-17-16-23-12-10-11-15-25(23)18-26/h7-18,28,32,36H,5-6,19-20H2,1-4H3/t28-/m0/s1. The monoisotopic (exact) mass is 609 g/mol. The van der Waals surface area contributed by atoms with E-state index in [0.717, 1.165) is 27.6 Å². The first-order valence-electron chi connectivity index (χ1n) is 14.9. The SMILES string of the molecule is CCOC(=O)C1=C(C)NC(C)=C(C(=O)OCC)C1C(=O)OCC(=O)N1N=C(c2ccc3ccccc3c2)C[C@H]1c1ccccc1.